The van der Waals surface area contributed by atoms with Crippen LogP contribution in [0.25, 0.3) is 5.69 Å². The van der Waals surface area contributed by atoms with E-state index in [2.05, 4.69) is 11.9 Å². The van der Waals surface area contributed by atoms with E-state index in [0.29, 0.717) is 34.4 Å². The third-order valence-electron chi connectivity index (χ3n) is 6.45. The fraction of sp³-hybridized carbons (Fsp3) is 0.500. The molecule has 0 unspecified atom stereocenters. The first-order valence-electron chi connectivity index (χ1n) is 10.4. The van der Waals surface area contributed by atoms with Gasteiger partial charge in [0.25, 0.3) is 5.91 Å². The van der Waals surface area contributed by atoms with Crippen molar-refractivity contribution in [3.8, 4) is 5.69 Å². The highest BCUT2D eigenvalue weighted by molar-refractivity contribution is 6.34. The van der Waals surface area contributed by atoms with Gasteiger partial charge in [-0.2, -0.15) is 0 Å². The molecule has 29 heavy (non-hydrogen) atoms. The molecule has 3 atom stereocenters. The Balaban J connectivity index is 1.57. The fourth-order valence-corrected chi connectivity index (χ4v) is 5.33. The van der Waals surface area contributed by atoms with Gasteiger partial charge in [0.05, 0.1) is 28.0 Å². The zero-order valence-corrected chi connectivity index (χ0v) is 17.2. The highest BCUT2D eigenvalue weighted by Gasteiger charge is 2.41. The molecule has 3 heterocycles. The predicted molar refractivity (Wildman–Crippen MR) is 108 cm³/mol. The molecular formula is C22H24ClN3O3. The summed E-state index contributed by atoms with van der Waals surface area (Å²) < 4.78 is 7.71. The molecule has 3 aliphatic rings. The largest absolute Gasteiger partial charge is 0.458 e. The average molecular weight is 414 g/mol. The second-order valence-electron chi connectivity index (χ2n) is 8.44. The zero-order valence-electron chi connectivity index (χ0n) is 16.4. The van der Waals surface area contributed by atoms with Crippen LogP contribution in [-0.2, 0) is 4.74 Å². The van der Waals surface area contributed by atoms with Crippen molar-refractivity contribution in [2.75, 3.05) is 6.54 Å². The van der Waals surface area contributed by atoms with Gasteiger partial charge in [0.1, 0.15) is 12.4 Å². The Morgan fingerprint density at radius 1 is 1.24 bits per heavy atom. The highest BCUT2D eigenvalue weighted by atomic mass is 35.5. The standard InChI is InChI=1S/C22H24ClN3O3/c1-13-5-2-6-14(11-13)29-22(28)19-20-17-9-4-10-25(17)21(27)18-15(23)7-3-8-16(18)26(20)12-24-19/h3,7-8,12-14,17H,2,4-6,9-11H2,1H3/t13-,14+,17+/m1/s1. The van der Waals surface area contributed by atoms with Gasteiger partial charge >= 0.3 is 5.97 Å². The molecule has 1 aromatic carbocycles. The van der Waals surface area contributed by atoms with Gasteiger partial charge in [-0.1, -0.05) is 31.0 Å². The van der Waals surface area contributed by atoms with E-state index in [0.717, 1.165) is 37.8 Å². The molecule has 0 bridgehead atoms. The third kappa shape index (κ3) is 3.05. The molecule has 6 nitrogen and oxygen atoms in total. The minimum Gasteiger partial charge on any atom is -0.458 e. The Morgan fingerprint density at radius 3 is 2.93 bits per heavy atom. The molecule has 152 valence electrons. The molecule has 1 aliphatic carbocycles. The Labute approximate surface area is 174 Å². The molecule has 1 aromatic heterocycles. The summed E-state index contributed by atoms with van der Waals surface area (Å²) in [4.78, 5) is 32.6. The topological polar surface area (TPSA) is 64.4 Å². The Kier molecular flexibility index (Phi) is 4.62. The first kappa shape index (κ1) is 18.7. The lowest BCUT2D eigenvalue weighted by molar-refractivity contribution is 0.0145. The van der Waals surface area contributed by atoms with Crippen molar-refractivity contribution in [1.29, 1.82) is 0 Å². The summed E-state index contributed by atoms with van der Waals surface area (Å²) in [6.07, 6.45) is 7.31. The number of carbonyl (C=O) groups is 2. The molecule has 7 heteroatoms. The molecule has 0 N–H and O–H groups in total. The van der Waals surface area contributed by atoms with Crippen molar-refractivity contribution in [3.05, 3.63) is 46.5 Å². The van der Waals surface area contributed by atoms with Gasteiger partial charge < -0.3 is 9.64 Å². The van der Waals surface area contributed by atoms with Crippen LogP contribution in [0.1, 0.15) is 78.0 Å². The molecule has 5 rings (SSSR count). The van der Waals surface area contributed by atoms with Crippen molar-refractivity contribution in [2.45, 2.75) is 57.6 Å². The maximum atomic E-state index is 13.2. The molecule has 1 amide bonds. The SMILES string of the molecule is C[C@@H]1CCC[C@H](OC(=O)c2ncn3c2[C@@H]2CCCN2C(=O)c2c(Cl)cccc2-3)C1. The van der Waals surface area contributed by atoms with Crippen molar-refractivity contribution >= 4 is 23.5 Å². The Bertz CT molecular complexity index is 986. The van der Waals surface area contributed by atoms with E-state index < -0.39 is 0 Å². The van der Waals surface area contributed by atoms with Gasteiger partial charge in [-0.15, -0.1) is 0 Å². The summed E-state index contributed by atoms with van der Waals surface area (Å²) in [6.45, 7) is 2.85. The number of carbonyl (C=O) groups excluding carboxylic acids is 2. The smallest absolute Gasteiger partial charge is 0.359 e. The first-order valence-corrected chi connectivity index (χ1v) is 10.8. The van der Waals surface area contributed by atoms with E-state index >= 15 is 0 Å². The zero-order chi connectivity index (χ0) is 20.1. The van der Waals surface area contributed by atoms with E-state index in [1.807, 2.05) is 21.6 Å². The van der Waals surface area contributed by atoms with Crippen molar-refractivity contribution < 1.29 is 14.3 Å². The molecule has 1 saturated heterocycles. The number of amides is 1. The number of rotatable bonds is 2. The van der Waals surface area contributed by atoms with Gasteiger partial charge in [0.2, 0.25) is 0 Å². The van der Waals surface area contributed by atoms with Gasteiger partial charge in [0.15, 0.2) is 5.69 Å². The predicted octanol–water partition coefficient (Wildman–Crippen LogP) is 4.55. The number of hydrogen-bond donors (Lipinski definition) is 0. The number of aromatic nitrogens is 2. The van der Waals surface area contributed by atoms with E-state index in [1.165, 1.54) is 6.42 Å². The van der Waals surface area contributed by atoms with Crippen LogP contribution in [0.5, 0.6) is 0 Å². The number of halogens is 1. The van der Waals surface area contributed by atoms with Gasteiger partial charge in [0, 0.05) is 6.54 Å². The van der Waals surface area contributed by atoms with E-state index in [9.17, 15) is 9.59 Å². The number of fused-ring (bicyclic) bond motifs is 5. The lowest BCUT2D eigenvalue weighted by Crippen LogP contribution is -2.31. The maximum absolute atomic E-state index is 13.2. The van der Waals surface area contributed by atoms with E-state index in [1.54, 1.807) is 12.4 Å². The fourth-order valence-electron chi connectivity index (χ4n) is 5.08. The normalized spacial score (nSPS) is 25.8. The van der Waals surface area contributed by atoms with E-state index in [4.69, 9.17) is 16.3 Å². The monoisotopic (exact) mass is 413 g/mol. The van der Waals surface area contributed by atoms with Crippen LogP contribution in [0.2, 0.25) is 5.02 Å². The second-order valence-corrected chi connectivity index (χ2v) is 8.85. The number of ether oxygens (including phenoxy) is 1. The summed E-state index contributed by atoms with van der Waals surface area (Å²) in [5.41, 5.74) is 2.20. The molecule has 2 aliphatic heterocycles. The number of hydrogen-bond acceptors (Lipinski definition) is 4. The Hall–Kier alpha value is -2.34. The number of esters is 1. The minimum atomic E-state index is -0.386. The van der Waals surface area contributed by atoms with Gasteiger partial charge in [-0.3, -0.25) is 9.36 Å². The second kappa shape index (κ2) is 7.17. The number of benzene rings is 1. The summed E-state index contributed by atoms with van der Waals surface area (Å²) in [7, 11) is 0. The van der Waals surface area contributed by atoms with Crippen LogP contribution in [-0.4, -0.2) is 39.0 Å². The minimum absolute atomic E-state index is 0.0579. The quantitative estimate of drug-likeness (QED) is 0.677. The highest BCUT2D eigenvalue weighted by Crippen LogP contribution is 2.41. The molecule has 0 spiro atoms. The molecule has 2 fully saturated rings. The van der Waals surface area contributed by atoms with Gasteiger partial charge in [-0.25, -0.2) is 9.78 Å². The summed E-state index contributed by atoms with van der Waals surface area (Å²) in [5, 5.41) is 0.417. The molecule has 1 saturated carbocycles. The van der Waals surface area contributed by atoms with Crippen molar-refractivity contribution in [1.82, 2.24) is 14.5 Å². The van der Waals surface area contributed by atoms with Gasteiger partial charge in [-0.05, 0) is 50.2 Å². The lowest BCUT2D eigenvalue weighted by Gasteiger charge is -2.27. The summed E-state index contributed by atoms with van der Waals surface area (Å²) in [5.74, 6) is 0.0949. The van der Waals surface area contributed by atoms with Crippen LogP contribution in [0.15, 0.2) is 24.5 Å². The summed E-state index contributed by atoms with van der Waals surface area (Å²) in [6, 6.07) is 5.20. The van der Waals surface area contributed by atoms with Crippen molar-refractivity contribution in [2.24, 2.45) is 5.92 Å². The van der Waals surface area contributed by atoms with Crippen LogP contribution >= 0.6 is 11.6 Å². The number of imidazole rings is 1. The third-order valence-corrected chi connectivity index (χ3v) is 6.77. The van der Waals surface area contributed by atoms with Crippen molar-refractivity contribution in [3.63, 3.8) is 0 Å². The van der Waals surface area contributed by atoms with Crippen LogP contribution < -0.4 is 0 Å². The molecular weight excluding hydrogens is 390 g/mol. The summed E-state index contributed by atoms with van der Waals surface area (Å²) >= 11 is 6.41. The molecule has 0 radical (unpaired) electrons. The van der Waals surface area contributed by atoms with E-state index in [-0.39, 0.29) is 24.0 Å². The first-order chi connectivity index (χ1) is 14.0. The molecule has 2 aromatic rings. The van der Waals surface area contributed by atoms with Crippen LogP contribution in [0.3, 0.4) is 0 Å². The lowest BCUT2D eigenvalue weighted by atomic mass is 9.89. The maximum Gasteiger partial charge on any atom is 0.359 e. The Morgan fingerprint density at radius 2 is 2.10 bits per heavy atom. The number of nitrogens with zero attached hydrogens (tertiary/aromatic N) is 3. The van der Waals surface area contributed by atoms with Crippen LogP contribution in [0, 0.1) is 5.92 Å². The average Bonchev–Trinajstić information content (AvgIpc) is 3.32. The van der Waals surface area contributed by atoms with Crippen LogP contribution in [0.4, 0.5) is 0 Å².